The van der Waals surface area contributed by atoms with Gasteiger partial charge in [-0.15, -0.1) is 0 Å². The number of hydrogen-bond donors (Lipinski definition) is 3. The van der Waals surface area contributed by atoms with Gasteiger partial charge in [0.15, 0.2) is 5.58 Å². The van der Waals surface area contributed by atoms with Crippen molar-refractivity contribution in [1.82, 2.24) is 15.3 Å². The normalized spacial score (nSPS) is 10.7. The predicted molar refractivity (Wildman–Crippen MR) is 117 cm³/mol. The second-order valence-electron chi connectivity index (χ2n) is 6.91. The molecule has 2 heterocycles. The molecule has 0 saturated carbocycles. The smallest absolute Gasteiger partial charge is 0.295 e. The Morgan fingerprint density at radius 3 is 2.84 bits per heavy atom. The number of phenolic OH excluding ortho intramolecular Hbond substituents is 1. The Hall–Kier alpha value is -4.07. The van der Waals surface area contributed by atoms with E-state index in [0.717, 1.165) is 18.4 Å². The van der Waals surface area contributed by atoms with Gasteiger partial charge in [-0.2, -0.15) is 4.98 Å². The van der Waals surface area contributed by atoms with Gasteiger partial charge in [0.2, 0.25) is 0 Å². The summed E-state index contributed by atoms with van der Waals surface area (Å²) in [5.41, 5.74) is 2.66. The lowest BCUT2D eigenvalue weighted by molar-refractivity contribution is 0.0958. The second kappa shape index (κ2) is 9.17. The van der Waals surface area contributed by atoms with Crippen molar-refractivity contribution in [2.75, 3.05) is 18.9 Å². The summed E-state index contributed by atoms with van der Waals surface area (Å²) in [5, 5.41) is 15.2. The zero-order valence-corrected chi connectivity index (χ0v) is 17.0. The summed E-state index contributed by atoms with van der Waals surface area (Å²) < 4.78 is 11.6. The summed E-state index contributed by atoms with van der Waals surface area (Å²) in [6.45, 7) is 0.686. The van der Waals surface area contributed by atoms with Gasteiger partial charge in [0.1, 0.15) is 28.5 Å². The number of carbonyl (C=O) groups is 1. The number of pyridine rings is 1. The predicted octanol–water partition coefficient (Wildman–Crippen LogP) is 4.13. The zero-order valence-electron chi connectivity index (χ0n) is 17.0. The first-order valence-electron chi connectivity index (χ1n) is 9.89. The molecule has 158 valence electrons. The van der Waals surface area contributed by atoms with Gasteiger partial charge in [-0.05, 0) is 48.7 Å². The summed E-state index contributed by atoms with van der Waals surface area (Å²) >= 11 is 0. The highest BCUT2D eigenvalue weighted by atomic mass is 16.5. The number of nitrogens with zero attached hydrogens (tertiary/aromatic N) is 2. The van der Waals surface area contributed by atoms with Crippen molar-refractivity contribution < 1.29 is 19.1 Å². The topological polar surface area (TPSA) is 110 Å². The number of oxazole rings is 1. The van der Waals surface area contributed by atoms with Gasteiger partial charge < -0.3 is 24.9 Å². The van der Waals surface area contributed by atoms with Crippen LogP contribution in [0.3, 0.4) is 0 Å². The molecule has 2 aromatic heterocycles. The van der Waals surface area contributed by atoms with E-state index in [2.05, 4.69) is 20.6 Å². The molecule has 0 bridgehead atoms. The molecule has 0 aliphatic carbocycles. The molecule has 8 heteroatoms. The zero-order chi connectivity index (χ0) is 21.6. The number of benzene rings is 2. The number of aromatic nitrogens is 2. The number of hydrogen-bond acceptors (Lipinski definition) is 7. The van der Waals surface area contributed by atoms with Gasteiger partial charge in [0.05, 0.1) is 0 Å². The average Bonchev–Trinajstić information content (AvgIpc) is 3.18. The minimum absolute atomic E-state index is 0.276. The van der Waals surface area contributed by atoms with Crippen molar-refractivity contribution in [1.29, 1.82) is 0 Å². The monoisotopic (exact) mass is 418 g/mol. The van der Waals surface area contributed by atoms with Crippen LogP contribution < -0.4 is 15.4 Å². The van der Waals surface area contributed by atoms with Crippen LogP contribution in [0.25, 0.3) is 11.1 Å². The fourth-order valence-corrected chi connectivity index (χ4v) is 3.11. The standard InChI is InChI=1S/C23H22N4O4/c1-24-22(29)20-13-18(9-11-25-20)30-17-7-8-19-21(14-17)31-23(27-19)26-10-3-5-15-4-2-6-16(28)12-15/h2,4,6-9,11-14,28H,3,5,10H2,1H3,(H,24,29)(H,26,27). The first kappa shape index (κ1) is 20.2. The molecular formula is C23H22N4O4. The van der Waals surface area contributed by atoms with E-state index in [-0.39, 0.29) is 17.4 Å². The SMILES string of the molecule is CNC(=O)c1cc(Oc2ccc3nc(NCCCc4cccc(O)c4)oc3c2)ccn1. The van der Waals surface area contributed by atoms with E-state index >= 15 is 0 Å². The van der Waals surface area contributed by atoms with E-state index < -0.39 is 0 Å². The Kier molecular flexibility index (Phi) is 5.98. The third-order valence-corrected chi connectivity index (χ3v) is 4.62. The highest BCUT2D eigenvalue weighted by molar-refractivity contribution is 5.92. The lowest BCUT2D eigenvalue weighted by Gasteiger charge is -2.06. The van der Waals surface area contributed by atoms with Gasteiger partial charge in [-0.25, -0.2) is 0 Å². The third kappa shape index (κ3) is 5.11. The molecule has 0 spiro atoms. The Labute approximate surface area is 178 Å². The molecule has 1 amide bonds. The molecule has 31 heavy (non-hydrogen) atoms. The maximum atomic E-state index is 11.7. The number of ether oxygens (including phenoxy) is 1. The minimum atomic E-state index is -0.282. The number of nitrogens with one attached hydrogen (secondary N) is 2. The van der Waals surface area contributed by atoms with Crippen LogP contribution in [-0.4, -0.2) is 34.6 Å². The Bertz CT molecular complexity index is 1210. The highest BCUT2D eigenvalue weighted by Gasteiger charge is 2.10. The molecule has 0 fully saturated rings. The minimum Gasteiger partial charge on any atom is -0.508 e. The summed E-state index contributed by atoms with van der Waals surface area (Å²) in [4.78, 5) is 20.2. The molecule has 3 N–H and O–H groups in total. The summed E-state index contributed by atoms with van der Waals surface area (Å²) in [6, 6.07) is 16.3. The number of anilines is 1. The highest BCUT2D eigenvalue weighted by Crippen LogP contribution is 2.27. The number of rotatable bonds is 8. The Morgan fingerprint density at radius 1 is 1.13 bits per heavy atom. The van der Waals surface area contributed by atoms with Crippen LogP contribution in [0.15, 0.2) is 65.2 Å². The van der Waals surface area contributed by atoms with Crippen molar-refractivity contribution in [3.8, 4) is 17.2 Å². The van der Waals surface area contributed by atoms with Crippen LogP contribution in [0.2, 0.25) is 0 Å². The molecule has 4 aromatic rings. The lowest BCUT2D eigenvalue weighted by atomic mass is 10.1. The van der Waals surface area contributed by atoms with Gasteiger partial charge in [-0.3, -0.25) is 9.78 Å². The van der Waals surface area contributed by atoms with Crippen LogP contribution in [0.5, 0.6) is 17.2 Å². The van der Waals surface area contributed by atoms with Crippen molar-refractivity contribution >= 4 is 23.0 Å². The largest absolute Gasteiger partial charge is 0.508 e. The average molecular weight is 418 g/mol. The van der Waals surface area contributed by atoms with E-state index in [0.29, 0.717) is 35.2 Å². The first-order valence-corrected chi connectivity index (χ1v) is 9.89. The van der Waals surface area contributed by atoms with Crippen LogP contribution >= 0.6 is 0 Å². The molecule has 0 saturated heterocycles. The fraction of sp³-hybridized carbons (Fsp3) is 0.174. The third-order valence-electron chi connectivity index (χ3n) is 4.62. The quantitative estimate of drug-likeness (QED) is 0.369. The van der Waals surface area contributed by atoms with E-state index in [1.54, 1.807) is 43.4 Å². The molecule has 8 nitrogen and oxygen atoms in total. The first-order chi connectivity index (χ1) is 15.1. The number of aryl methyl sites for hydroxylation is 1. The maximum Gasteiger partial charge on any atom is 0.295 e. The van der Waals surface area contributed by atoms with Crippen molar-refractivity contribution in [2.24, 2.45) is 0 Å². The van der Waals surface area contributed by atoms with Crippen LogP contribution in [0.1, 0.15) is 22.5 Å². The van der Waals surface area contributed by atoms with Crippen molar-refractivity contribution in [2.45, 2.75) is 12.8 Å². The summed E-state index contributed by atoms with van der Waals surface area (Å²) in [7, 11) is 1.55. The van der Waals surface area contributed by atoms with E-state index in [9.17, 15) is 9.90 Å². The number of amides is 1. The Balaban J connectivity index is 1.37. The van der Waals surface area contributed by atoms with Crippen LogP contribution in [0.4, 0.5) is 6.01 Å². The number of fused-ring (bicyclic) bond motifs is 1. The summed E-state index contributed by atoms with van der Waals surface area (Å²) in [6.07, 6.45) is 3.22. The van der Waals surface area contributed by atoms with Gasteiger partial charge in [0.25, 0.3) is 11.9 Å². The van der Waals surface area contributed by atoms with E-state index in [4.69, 9.17) is 9.15 Å². The molecule has 0 unspecified atom stereocenters. The summed E-state index contributed by atoms with van der Waals surface area (Å²) in [5.74, 6) is 1.06. The molecule has 0 atom stereocenters. The fourth-order valence-electron chi connectivity index (χ4n) is 3.11. The van der Waals surface area contributed by atoms with E-state index in [1.807, 2.05) is 18.2 Å². The Morgan fingerprint density at radius 2 is 2.00 bits per heavy atom. The number of aromatic hydroxyl groups is 1. The van der Waals surface area contributed by atoms with Gasteiger partial charge >= 0.3 is 0 Å². The van der Waals surface area contributed by atoms with Gasteiger partial charge in [0, 0.05) is 31.9 Å². The maximum absolute atomic E-state index is 11.7. The lowest BCUT2D eigenvalue weighted by Crippen LogP contribution is -2.18. The molecule has 0 aliphatic heterocycles. The van der Waals surface area contributed by atoms with Crippen LogP contribution in [-0.2, 0) is 6.42 Å². The number of phenols is 1. The number of carbonyl (C=O) groups excluding carboxylic acids is 1. The molecular weight excluding hydrogens is 396 g/mol. The van der Waals surface area contributed by atoms with E-state index in [1.165, 1.54) is 6.20 Å². The van der Waals surface area contributed by atoms with Crippen molar-refractivity contribution in [3.63, 3.8) is 0 Å². The molecule has 0 aliphatic rings. The molecule has 2 aromatic carbocycles. The molecule has 4 rings (SSSR count). The van der Waals surface area contributed by atoms with Crippen LogP contribution in [0, 0.1) is 0 Å². The van der Waals surface area contributed by atoms with Crippen molar-refractivity contribution in [3.05, 3.63) is 72.1 Å². The van der Waals surface area contributed by atoms with Gasteiger partial charge in [-0.1, -0.05) is 12.1 Å². The molecule has 0 radical (unpaired) electrons. The second-order valence-corrected chi connectivity index (χ2v) is 6.91.